The Bertz CT molecular complexity index is 1030. The van der Waals surface area contributed by atoms with Crippen molar-refractivity contribution in [2.45, 2.75) is 0 Å². The maximum Gasteiger partial charge on any atom is 0.259 e. The van der Waals surface area contributed by atoms with Crippen LogP contribution in [-0.2, 0) is 0 Å². The van der Waals surface area contributed by atoms with Crippen LogP contribution in [0.2, 0.25) is 0 Å². The summed E-state index contributed by atoms with van der Waals surface area (Å²) in [6.45, 7) is 0. The smallest absolute Gasteiger partial charge is 0.259 e. The second kappa shape index (κ2) is 7.25. The quantitative estimate of drug-likeness (QED) is 0.582. The summed E-state index contributed by atoms with van der Waals surface area (Å²) in [5.74, 6) is -0.232. The molecule has 1 amide bonds. The third-order valence-electron chi connectivity index (χ3n) is 3.83. The minimum Gasteiger partial charge on any atom is -0.298 e. The summed E-state index contributed by atoms with van der Waals surface area (Å²) in [7, 11) is 0. The molecule has 6 heteroatoms. The van der Waals surface area contributed by atoms with E-state index in [2.05, 4.69) is 20.3 Å². The number of rotatable bonds is 4. The van der Waals surface area contributed by atoms with Crippen molar-refractivity contribution in [3.05, 3.63) is 84.3 Å². The number of anilines is 1. The zero-order valence-corrected chi connectivity index (χ0v) is 14.5. The average molecular weight is 358 g/mol. The predicted molar refractivity (Wildman–Crippen MR) is 103 cm³/mol. The number of pyridine rings is 2. The third kappa shape index (κ3) is 3.36. The van der Waals surface area contributed by atoms with Gasteiger partial charge in [-0.2, -0.15) is 0 Å². The highest BCUT2D eigenvalue weighted by molar-refractivity contribution is 7.14. The first-order chi connectivity index (χ1) is 12.8. The number of nitrogens with zero attached hydrogens (tertiary/aromatic N) is 3. The van der Waals surface area contributed by atoms with Crippen LogP contribution in [-0.4, -0.2) is 20.9 Å². The lowest BCUT2D eigenvalue weighted by atomic mass is 10.0. The Labute approximate surface area is 154 Å². The molecule has 4 aromatic rings. The van der Waals surface area contributed by atoms with Crippen LogP contribution in [0, 0.1) is 0 Å². The maximum absolute atomic E-state index is 12.8. The zero-order chi connectivity index (χ0) is 17.8. The highest BCUT2D eigenvalue weighted by Gasteiger charge is 2.15. The van der Waals surface area contributed by atoms with Crippen LogP contribution in [0.15, 0.2) is 78.7 Å². The largest absolute Gasteiger partial charge is 0.298 e. The number of amides is 1. The minimum absolute atomic E-state index is 0.232. The Morgan fingerprint density at radius 3 is 2.50 bits per heavy atom. The van der Waals surface area contributed by atoms with Crippen LogP contribution in [0.5, 0.6) is 0 Å². The van der Waals surface area contributed by atoms with Crippen LogP contribution < -0.4 is 5.32 Å². The molecule has 0 saturated heterocycles. The van der Waals surface area contributed by atoms with Crippen molar-refractivity contribution >= 4 is 22.4 Å². The minimum atomic E-state index is -0.232. The Hall–Kier alpha value is -3.38. The van der Waals surface area contributed by atoms with Crippen LogP contribution in [0.4, 0.5) is 5.13 Å². The number of hydrogen-bond donors (Lipinski definition) is 1. The molecule has 0 spiro atoms. The number of aromatic nitrogens is 3. The normalized spacial score (nSPS) is 10.5. The van der Waals surface area contributed by atoms with Crippen molar-refractivity contribution in [2.75, 3.05) is 5.32 Å². The highest BCUT2D eigenvalue weighted by Crippen LogP contribution is 2.26. The molecule has 1 aromatic carbocycles. The van der Waals surface area contributed by atoms with Crippen LogP contribution >= 0.6 is 11.3 Å². The number of benzene rings is 1. The number of carbonyl (C=O) groups is 1. The van der Waals surface area contributed by atoms with Gasteiger partial charge in [0.15, 0.2) is 5.13 Å². The molecule has 0 radical (unpaired) electrons. The summed E-state index contributed by atoms with van der Waals surface area (Å²) in [6.07, 6.45) is 6.72. The lowest BCUT2D eigenvalue weighted by Crippen LogP contribution is -2.13. The first-order valence-corrected chi connectivity index (χ1v) is 8.86. The highest BCUT2D eigenvalue weighted by atomic mass is 32.1. The summed E-state index contributed by atoms with van der Waals surface area (Å²) in [6, 6.07) is 15.4. The van der Waals surface area contributed by atoms with E-state index in [1.54, 1.807) is 24.8 Å². The summed E-state index contributed by atoms with van der Waals surface area (Å²) in [5.41, 5.74) is 4.01. The summed E-state index contributed by atoms with van der Waals surface area (Å²) < 4.78 is 0. The van der Waals surface area contributed by atoms with E-state index in [-0.39, 0.29) is 5.91 Å². The van der Waals surface area contributed by atoms with Gasteiger partial charge >= 0.3 is 0 Å². The second-order valence-electron chi connectivity index (χ2n) is 5.52. The van der Waals surface area contributed by atoms with Gasteiger partial charge in [0.2, 0.25) is 0 Å². The van der Waals surface area contributed by atoms with Crippen LogP contribution in [0.3, 0.4) is 0 Å². The van der Waals surface area contributed by atoms with E-state index in [0.717, 1.165) is 22.4 Å². The molecule has 0 bridgehead atoms. The van der Waals surface area contributed by atoms with Crippen LogP contribution in [0.25, 0.3) is 22.4 Å². The standard InChI is InChI=1S/C20H14N4OS/c25-19(17-12-22-10-8-16(17)14-5-2-1-3-6-14)24-20-23-18(13-26-20)15-7-4-9-21-11-15/h1-13H,(H,23,24,25). The van der Waals surface area contributed by atoms with E-state index in [9.17, 15) is 4.79 Å². The van der Waals surface area contributed by atoms with Gasteiger partial charge in [0.05, 0.1) is 11.3 Å². The summed E-state index contributed by atoms with van der Waals surface area (Å²) in [4.78, 5) is 25.4. The fourth-order valence-corrected chi connectivity index (χ4v) is 3.30. The molecule has 4 rings (SSSR count). The first-order valence-electron chi connectivity index (χ1n) is 7.98. The van der Waals surface area contributed by atoms with E-state index in [1.807, 2.05) is 53.9 Å². The van der Waals surface area contributed by atoms with E-state index in [0.29, 0.717) is 10.7 Å². The number of carbonyl (C=O) groups excluding carboxylic acids is 1. The molecule has 3 aromatic heterocycles. The van der Waals surface area contributed by atoms with Gasteiger partial charge in [0.1, 0.15) is 0 Å². The first kappa shape index (κ1) is 16.1. The summed E-state index contributed by atoms with van der Waals surface area (Å²) in [5, 5.41) is 5.30. The third-order valence-corrected chi connectivity index (χ3v) is 4.59. The molecule has 26 heavy (non-hydrogen) atoms. The van der Waals surface area contributed by atoms with Gasteiger partial charge in [-0.3, -0.25) is 20.1 Å². The molecule has 126 valence electrons. The monoisotopic (exact) mass is 358 g/mol. The van der Waals surface area contributed by atoms with Crippen molar-refractivity contribution in [1.82, 2.24) is 15.0 Å². The molecule has 1 N–H and O–H groups in total. The van der Waals surface area contributed by atoms with Crippen LogP contribution in [0.1, 0.15) is 10.4 Å². The molecule has 0 aliphatic heterocycles. The Balaban J connectivity index is 1.59. The average Bonchev–Trinajstić information content (AvgIpc) is 3.18. The van der Waals surface area contributed by atoms with E-state index in [4.69, 9.17) is 0 Å². The van der Waals surface area contributed by atoms with E-state index in [1.165, 1.54) is 11.3 Å². The van der Waals surface area contributed by atoms with E-state index >= 15 is 0 Å². The van der Waals surface area contributed by atoms with Crippen molar-refractivity contribution in [3.8, 4) is 22.4 Å². The molecule has 0 fully saturated rings. The molecule has 0 saturated carbocycles. The molecule has 0 unspecified atom stereocenters. The maximum atomic E-state index is 12.8. The molecular formula is C20H14N4OS. The number of thiazole rings is 1. The molecule has 0 aliphatic carbocycles. The second-order valence-corrected chi connectivity index (χ2v) is 6.38. The van der Waals surface area contributed by atoms with Crippen molar-refractivity contribution < 1.29 is 4.79 Å². The topological polar surface area (TPSA) is 67.8 Å². The van der Waals surface area contributed by atoms with Crippen molar-refractivity contribution in [2.24, 2.45) is 0 Å². The lowest BCUT2D eigenvalue weighted by Gasteiger charge is -2.08. The van der Waals surface area contributed by atoms with Gasteiger partial charge in [0.25, 0.3) is 5.91 Å². The lowest BCUT2D eigenvalue weighted by molar-refractivity contribution is 0.102. The van der Waals surface area contributed by atoms with Gasteiger partial charge < -0.3 is 0 Å². The molecule has 0 aliphatic rings. The van der Waals surface area contributed by atoms with Gasteiger partial charge in [-0.1, -0.05) is 30.3 Å². The van der Waals surface area contributed by atoms with Crippen molar-refractivity contribution in [1.29, 1.82) is 0 Å². The van der Waals surface area contributed by atoms with Gasteiger partial charge in [0, 0.05) is 35.7 Å². The zero-order valence-electron chi connectivity index (χ0n) is 13.7. The van der Waals surface area contributed by atoms with Gasteiger partial charge in [-0.15, -0.1) is 11.3 Å². The fraction of sp³-hybridized carbons (Fsp3) is 0. The number of nitrogens with one attached hydrogen (secondary N) is 1. The predicted octanol–water partition coefficient (Wildman–Crippen LogP) is 4.52. The van der Waals surface area contributed by atoms with Gasteiger partial charge in [-0.05, 0) is 29.3 Å². The Kier molecular flexibility index (Phi) is 4.49. The van der Waals surface area contributed by atoms with E-state index < -0.39 is 0 Å². The fourth-order valence-electron chi connectivity index (χ4n) is 2.59. The number of hydrogen-bond acceptors (Lipinski definition) is 5. The Morgan fingerprint density at radius 1 is 0.885 bits per heavy atom. The van der Waals surface area contributed by atoms with Crippen molar-refractivity contribution in [3.63, 3.8) is 0 Å². The SMILES string of the molecule is O=C(Nc1nc(-c2cccnc2)cs1)c1cnccc1-c1ccccc1. The molecular weight excluding hydrogens is 344 g/mol. The van der Waals surface area contributed by atoms with Gasteiger partial charge in [-0.25, -0.2) is 4.98 Å². The molecule has 3 heterocycles. The Morgan fingerprint density at radius 2 is 1.69 bits per heavy atom. The molecule has 5 nitrogen and oxygen atoms in total. The molecule has 0 atom stereocenters. The summed E-state index contributed by atoms with van der Waals surface area (Å²) >= 11 is 1.38.